The summed E-state index contributed by atoms with van der Waals surface area (Å²) in [5, 5.41) is 3.41. The molecule has 0 amide bonds. The van der Waals surface area contributed by atoms with Gasteiger partial charge in [0.2, 0.25) is 0 Å². The van der Waals surface area contributed by atoms with Gasteiger partial charge in [0.15, 0.2) is 0 Å². The van der Waals surface area contributed by atoms with Gasteiger partial charge in [0, 0.05) is 24.2 Å². The third-order valence-corrected chi connectivity index (χ3v) is 3.88. The molecule has 118 valence electrons. The van der Waals surface area contributed by atoms with Gasteiger partial charge in [-0.15, -0.1) is 0 Å². The van der Waals surface area contributed by atoms with Crippen LogP contribution in [-0.4, -0.2) is 37.3 Å². The zero-order valence-corrected chi connectivity index (χ0v) is 14.1. The third-order valence-electron chi connectivity index (χ3n) is 3.88. The molecule has 1 unspecified atom stereocenters. The van der Waals surface area contributed by atoms with Crippen molar-refractivity contribution in [2.75, 3.05) is 31.2 Å². The van der Waals surface area contributed by atoms with E-state index < -0.39 is 0 Å². The van der Waals surface area contributed by atoms with E-state index in [2.05, 4.69) is 57.0 Å². The van der Waals surface area contributed by atoms with Crippen molar-refractivity contribution in [3.05, 3.63) is 23.4 Å². The molecule has 2 rings (SSSR count). The minimum atomic E-state index is 0.0620. The van der Waals surface area contributed by atoms with Gasteiger partial charge < -0.3 is 15.0 Å². The Morgan fingerprint density at radius 2 is 2.14 bits per heavy atom. The first kappa shape index (κ1) is 16.2. The number of anilines is 1. The summed E-state index contributed by atoms with van der Waals surface area (Å²) >= 11 is 0. The molecule has 21 heavy (non-hydrogen) atoms. The highest BCUT2D eigenvalue weighted by Crippen LogP contribution is 2.26. The number of hydrogen-bond acceptors (Lipinski definition) is 4. The second-order valence-corrected chi connectivity index (χ2v) is 6.87. The quantitative estimate of drug-likeness (QED) is 0.925. The smallest absolute Gasteiger partial charge is 0.129 e. The van der Waals surface area contributed by atoms with Crippen molar-refractivity contribution in [3.63, 3.8) is 0 Å². The number of hydrogen-bond donors (Lipinski definition) is 1. The van der Waals surface area contributed by atoms with Crippen molar-refractivity contribution in [1.29, 1.82) is 0 Å². The summed E-state index contributed by atoms with van der Waals surface area (Å²) < 4.78 is 5.54. The molecule has 2 heterocycles. The van der Waals surface area contributed by atoms with Gasteiger partial charge in [-0.25, -0.2) is 4.98 Å². The van der Waals surface area contributed by atoms with E-state index in [-0.39, 0.29) is 5.41 Å². The monoisotopic (exact) mass is 291 g/mol. The Morgan fingerprint density at radius 1 is 1.38 bits per heavy atom. The van der Waals surface area contributed by atoms with Crippen molar-refractivity contribution in [1.82, 2.24) is 10.3 Å². The van der Waals surface area contributed by atoms with Crippen LogP contribution in [0.1, 0.15) is 45.9 Å². The first-order valence-corrected chi connectivity index (χ1v) is 7.98. The fraction of sp³-hybridized carbons (Fsp3) is 0.706. The molecule has 0 saturated carbocycles. The molecular formula is C17H29N3O. The van der Waals surface area contributed by atoms with Crippen LogP contribution < -0.4 is 10.2 Å². The van der Waals surface area contributed by atoms with E-state index in [1.165, 1.54) is 5.56 Å². The lowest BCUT2D eigenvalue weighted by Crippen LogP contribution is -2.44. The van der Waals surface area contributed by atoms with E-state index in [0.29, 0.717) is 6.04 Å². The number of aromatic nitrogens is 1. The maximum absolute atomic E-state index is 5.54. The normalized spacial score (nSPS) is 19.9. The number of ether oxygens (including phenoxy) is 1. The van der Waals surface area contributed by atoms with Crippen LogP contribution in [0, 0.1) is 0 Å². The molecule has 0 bridgehead atoms. The van der Waals surface area contributed by atoms with Gasteiger partial charge in [0.25, 0.3) is 0 Å². The third kappa shape index (κ3) is 4.17. The Bertz CT molecular complexity index is 468. The van der Waals surface area contributed by atoms with Crippen molar-refractivity contribution < 1.29 is 4.74 Å². The highest BCUT2D eigenvalue weighted by molar-refractivity contribution is 5.45. The van der Waals surface area contributed by atoms with Gasteiger partial charge in [-0.2, -0.15) is 0 Å². The van der Waals surface area contributed by atoms with Crippen LogP contribution in [0.15, 0.2) is 12.1 Å². The largest absolute Gasteiger partial charge is 0.377 e. The van der Waals surface area contributed by atoms with Gasteiger partial charge in [-0.3, -0.25) is 0 Å². The summed E-state index contributed by atoms with van der Waals surface area (Å²) in [6.07, 6.45) is 0. The van der Waals surface area contributed by atoms with Gasteiger partial charge >= 0.3 is 0 Å². The van der Waals surface area contributed by atoms with Crippen LogP contribution in [0.4, 0.5) is 5.82 Å². The molecule has 1 aliphatic heterocycles. The molecule has 1 saturated heterocycles. The van der Waals surface area contributed by atoms with E-state index in [1.807, 2.05) is 0 Å². The van der Waals surface area contributed by atoms with E-state index in [4.69, 9.17) is 9.72 Å². The number of morpholine rings is 1. The molecule has 0 aliphatic carbocycles. The predicted octanol–water partition coefficient (Wildman–Crippen LogP) is 2.71. The lowest BCUT2D eigenvalue weighted by Gasteiger charge is -2.35. The molecule has 0 spiro atoms. The molecule has 1 fully saturated rings. The summed E-state index contributed by atoms with van der Waals surface area (Å²) in [7, 11) is 0. The van der Waals surface area contributed by atoms with E-state index >= 15 is 0 Å². The molecular weight excluding hydrogens is 262 g/mol. The first-order chi connectivity index (χ1) is 9.91. The molecule has 1 aliphatic rings. The van der Waals surface area contributed by atoms with Crippen LogP contribution in [-0.2, 0) is 16.7 Å². The molecule has 1 atom stereocenters. The van der Waals surface area contributed by atoms with Crippen LogP contribution >= 0.6 is 0 Å². The second kappa shape index (κ2) is 6.75. The summed E-state index contributed by atoms with van der Waals surface area (Å²) in [6.45, 7) is 15.4. The maximum atomic E-state index is 5.54. The van der Waals surface area contributed by atoms with E-state index in [0.717, 1.165) is 44.4 Å². The van der Waals surface area contributed by atoms with Gasteiger partial charge in [0.1, 0.15) is 5.82 Å². The number of pyridine rings is 1. The number of rotatable bonds is 4. The average molecular weight is 291 g/mol. The molecule has 0 radical (unpaired) electrons. The first-order valence-electron chi connectivity index (χ1n) is 7.98. The standard InChI is InChI=1S/C17H29N3O/c1-6-18-11-14-9-15(17(3,4)5)19-16(10-14)20-7-8-21-12-13(20)2/h9-10,13,18H,6-8,11-12H2,1-5H3. The fourth-order valence-electron chi connectivity index (χ4n) is 2.54. The highest BCUT2D eigenvalue weighted by atomic mass is 16.5. The topological polar surface area (TPSA) is 37.4 Å². The summed E-state index contributed by atoms with van der Waals surface area (Å²) in [4.78, 5) is 7.30. The Hall–Kier alpha value is -1.13. The van der Waals surface area contributed by atoms with Crippen LogP contribution in [0.3, 0.4) is 0 Å². The molecule has 1 aromatic rings. The Balaban J connectivity index is 2.34. The van der Waals surface area contributed by atoms with E-state index in [1.54, 1.807) is 0 Å². The molecule has 1 N–H and O–H groups in total. The fourth-order valence-corrected chi connectivity index (χ4v) is 2.54. The SMILES string of the molecule is CCNCc1cc(N2CCOCC2C)nc(C(C)(C)C)c1. The Labute approximate surface area is 128 Å². The van der Waals surface area contributed by atoms with Crippen molar-refractivity contribution in [3.8, 4) is 0 Å². The minimum Gasteiger partial charge on any atom is -0.377 e. The molecule has 1 aromatic heterocycles. The molecule has 0 aromatic carbocycles. The second-order valence-electron chi connectivity index (χ2n) is 6.87. The van der Waals surface area contributed by atoms with Gasteiger partial charge in [0.05, 0.1) is 19.3 Å². The lowest BCUT2D eigenvalue weighted by atomic mass is 9.90. The van der Waals surface area contributed by atoms with Crippen LogP contribution in [0.25, 0.3) is 0 Å². The van der Waals surface area contributed by atoms with Crippen molar-refractivity contribution >= 4 is 5.82 Å². The Kier molecular flexibility index (Phi) is 5.22. The summed E-state index contributed by atoms with van der Waals surface area (Å²) in [6, 6.07) is 4.84. The summed E-state index contributed by atoms with van der Waals surface area (Å²) in [5.41, 5.74) is 2.53. The van der Waals surface area contributed by atoms with Crippen molar-refractivity contribution in [2.24, 2.45) is 0 Å². The predicted molar refractivity (Wildman–Crippen MR) is 87.9 cm³/mol. The van der Waals surface area contributed by atoms with Crippen LogP contribution in [0.5, 0.6) is 0 Å². The molecule has 4 heteroatoms. The molecule has 4 nitrogen and oxygen atoms in total. The van der Waals surface area contributed by atoms with Crippen LogP contribution in [0.2, 0.25) is 0 Å². The highest BCUT2D eigenvalue weighted by Gasteiger charge is 2.23. The zero-order valence-electron chi connectivity index (χ0n) is 14.1. The number of nitrogens with one attached hydrogen (secondary N) is 1. The maximum Gasteiger partial charge on any atom is 0.129 e. The number of nitrogens with zero attached hydrogens (tertiary/aromatic N) is 2. The lowest BCUT2D eigenvalue weighted by molar-refractivity contribution is 0.0985. The Morgan fingerprint density at radius 3 is 2.76 bits per heavy atom. The average Bonchev–Trinajstić information content (AvgIpc) is 2.44. The minimum absolute atomic E-state index is 0.0620. The van der Waals surface area contributed by atoms with Gasteiger partial charge in [-0.05, 0) is 31.2 Å². The zero-order chi connectivity index (χ0) is 15.5. The van der Waals surface area contributed by atoms with Gasteiger partial charge in [-0.1, -0.05) is 27.7 Å². The van der Waals surface area contributed by atoms with Crippen molar-refractivity contribution in [2.45, 2.75) is 52.6 Å². The summed E-state index contributed by atoms with van der Waals surface area (Å²) in [5.74, 6) is 1.09. The van der Waals surface area contributed by atoms with E-state index in [9.17, 15) is 0 Å².